The lowest BCUT2D eigenvalue weighted by Crippen LogP contribution is -2.25. The summed E-state index contributed by atoms with van der Waals surface area (Å²) in [4.78, 5) is 29.5. The molecule has 0 fully saturated rings. The summed E-state index contributed by atoms with van der Waals surface area (Å²) in [5, 5.41) is 0. The van der Waals surface area contributed by atoms with Gasteiger partial charge in [-0.1, -0.05) is 12.1 Å². The van der Waals surface area contributed by atoms with Crippen LogP contribution >= 0.6 is 11.9 Å². The average Bonchev–Trinajstić information content (AvgIpc) is 2.85. The van der Waals surface area contributed by atoms with E-state index in [1.165, 1.54) is 11.2 Å². The largest absolute Gasteiger partial charge is 0.376 e. The molecule has 0 radical (unpaired) electrons. The highest BCUT2D eigenvalue weighted by Crippen LogP contribution is 2.25. The van der Waals surface area contributed by atoms with Gasteiger partial charge < -0.3 is 9.19 Å². The second-order valence-corrected chi connectivity index (χ2v) is 4.61. The van der Waals surface area contributed by atoms with Gasteiger partial charge in [0.1, 0.15) is 18.2 Å². The lowest BCUT2D eigenvalue weighted by Gasteiger charge is -2.14. The van der Waals surface area contributed by atoms with E-state index in [0.717, 1.165) is 0 Å². The van der Waals surface area contributed by atoms with Gasteiger partial charge in [0.25, 0.3) is 5.91 Å². The summed E-state index contributed by atoms with van der Waals surface area (Å²) in [5.41, 5.74) is 1.91. The molecule has 0 saturated heterocycles. The van der Waals surface area contributed by atoms with Crippen molar-refractivity contribution in [3.63, 3.8) is 0 Å². The molecule has 1 aromatic heterocycles. The van der Waals surface area contributed by atoms with Crippen molar-refractivity contribution in [2.24, 2.45) is 0 Å². The first-order valence-electron chi connectivity index (χ1n) is 5.87. The zero-order valence-corrected chi connectivity index (χ0v) is 11.3. The van der Waals surface area contributed by atoms with Gasteiger partial charge in [-0.15, -0.1) is 0 Å². The Labute approximate surface area is 119 Å². The van der Waals surface area contributed by atoms with Crippen LogP contribution in [-0.2, 0) is 10.8 Å². The smallest absolute Gasteiger partial charge is 0.342 e. The molecule has 2 heterocycles. The maximum atomic E-state index is 12.3. The van der Waals surface area contributed by atoms with Crippen LogP contribution in [0.5, 0.6) is 0 Å². The number of hydrogen-bond acceptors (Lipinski definition) is 4. The van der Waals surface area contributed by atoms with Crippen molar-refractivity contribution in [1.82, 2.24) is 14.5 Å². The van der Waals surface area contributed by atoms with Crippen LogP contribution in [0.3, 0.4) is 0 Å². The van der Waals surface area contributed by atoms with Crippen molar-refractivity contribution in [1.29, 1.82) is 0 Å². The summed E-state index contributed by atoms with van der Waals surface area (Å²) >= 11 is 5.11. The molecule has 7 heteroatoms. The molecule has 1 aliphatic heterocycles. The molecule has 6 nitrogen and oxygen atoms in total. The number of fused-ring (bicyclic) bond motifs is 3. The molecular weight excluding hydrogens is 282 g/mol. The molecule has 2 aromatic rings. The molecule has 0 unspecified atom stereocenters. The van der Waals surface area contributed by atoms with Gasteiger partial charge in [-0.05, 0) is 12.1 Å². The SMILES string of the molecule is CN1Cc2c(C(=O)OCl)ncn2-c2ccccc2C1=O. The number of imidazole rings is 1. The maximum absolute atomic E-state index is 12.3. The minimum atomic E-state index is -0.736. The van der Waals surface area contributed by atoms with Gasteiger partial charge in [-0.25, -0.2) is 9.78 Å². The van der Waals surface area contributed by atoms with E-state index in [1.807, 2.05) is 6.07 Å². The van der Waals surface area contributed by atoms with E-state index in [4.69, 9.17) is 11.9 Å². The topological polar surface area (TPSA) is 64.4 Å². The predicted molar refractivity (Wildman–Crippen MR) is 70.6 cm³/mol. The van der Waals surface area contributed by atoms with Crippen LogP contribution in [0, 0.1) is 0 Å². The lowest BCUT2D eigenvalue weighted by atomic mass is 10.1. The summed E-state index contributed by atoms with van der Waals surface area (Å²) in [6, 6.07) is 7.15. The van der Waals surface area contributed by atoms with Gasteiger partial charge in [0.15, 0.2) is 5.69 Å². The van der Waals surface area contributed by atoms with E-state index < -0.39 is 5.97 Å². The van der Waals surface area contributed by atoms with Crippen molar-refractivity contribution in [3.8, 4) is 5.69 Å². The van der Waals surface area contributed by atoms with Crippen molar-refractivity contribution >= 4 is 23.7 Å². The Morgan fingerprint density at radius 1 is 1.40 bits per heavy atom. The number of carbonyl (C=O) groups is 2. The van der Waals surface area contributed by atoms with E-state index in [0.29, 0.717) is 16.9 Å². The lowest BCUT2D eigenvalue weighted by molar-refractivity contribution is 0.0732. The number of hydrogen-bond donors (Lipinski definition) is 0. The maximum Gasteiger partial charge on any atom is 0.376 e. The number of aromatic nitrogens is 2. The van der Waals surface area contributed by atoms with Crippen LogP contribution in [0.15, 0.2) is 30.6 Å². The first-order valence-corrected chi connectivity index (χ1v) is 6.18. The zero-order chi connectivity index (χ0) is 14.3. The van der Waals surface area contributed by atoms with Gasteiger partial charge in [0.2, 0.25) is 0 Å². The van der Waals surface area contributed by atoms with E-state index in [1.54, 1.807) is 29.8 Å². The second kappa shape index (κ2) is 4.64. The van der Waals surface area contributed by atoms with Crippen LogP contribution in [0.25, 0.3) is 5.69 Å². The van der Waals surface area contributed by atoms with Crippen LogP contribution in [0.1, 0.15) is 26.5 Å². The van der Waals surface area contributed by atoms with Crippen molar-refractivity contribution in [3.05, 3.63) is 47.5 Å². The Bertz CT molecular complexity index is 711. The van der Waals surface area contributed by atoms with E-state index in [9.17, 15) is 9.59 Å². The Morgan fingerprint density at radius 3 is 2.90 bits per heavy atom. The zero-order valence-electron chi connectivity index (χ0n) is 10.5. The number of nitrogens with zero attached hydrogens (tertiary/aromatic N) is 3. The number of para-hydroxylation sites is 1. The van der Waals surface area contributed by atoms with E-state index in [2.05, 4.69) is 9.27 Å². The number of halogens is 1. The highest BCUT2D eigenvalue weighted by molar-refractivity contribution is 6.15. The fraction of sp³-hybridized carbons (Fsp3) is 0.154. The summed E-state index contributed by atoms with van der Waals surface area (Å²) in [6.07, 6.45) is 1.49. The molecule has 3 rings (SSSR count). The minimum absolute atomic E-state index is 0.108. The number of amides is 1. The van der Waals surface area contributed by atoms with Crippen LogP contribution in [0.2, 0.25) is 0 Å². The molecule has 1 amide bonds. The molecule has 0 aliphatic carbocycles. The Morgan fingerprint density at radius 2 is 2.15 bits per heavy atom. The van der Waals surface area contributed by atoms with Gasteiger partial charge in [0, 0.05) is 7.05 Å². The Hall–Kier alpha value is -2.34. The molecule has 0 saturated carbocycles. The summed E-state index contributed by atoms with van der Waals surface area (Å²) in [7, 11) is 1.66. The van der Waals surface area contributed by atoms with Crippen LogP contribution in [0.4, 0.5) is 0 Å². The Balaban J connectivity index is 2.26. The third kappa shape index (κ3) is 1.77. The van der Waals surface area contributed by atoms with Crippen molar-refractivity contribution in [2.45, 2.75) is 6.54 Å². The summed E-state index contributed by atoms with van der Waals surface area (Å²) in [5.74, 6) is -0.852. The summed E-state index contributed by atoms with van der Waals surface area (Å²) < 4.78 is 5.91. The molecule has 0 spiro atoms. The third-order valence-corrected chi connectivity index (χ3v) is 3.40. The highest BCUT2D eigenvalue weighted by atomic mass is 35.5. The predicted octanol–water partition coefficient (Wildman–Crippen LogP) is 1.77. The van der Waals surface area contributed by atoms with E-state index >= 15 is 0 Å². The quantitative estimate of drug-likeness (QED) is 0.803. The fourth-order valence-corrected chi connectivity index (χ4v) is 2.38. The molecule has 0 bridgehead atoms. The molecule has 20 heavy (non-hydrogen) atoms. The van der Waals surface area contributed by atoms with E-state index in [-0.39, 0.29) is 18.1 Å². The van der Waals surface area contributed by atoms with Gasteiger partial charge in [-0.2, -0.15) is 0 Å². The van der Waals surface area contributed by atoms with Crippen LogP contribution in [-0.4, -0.2) is 33.4 Å². The highest BCUT2D eigenvalue weighted by Gasteiger charge is 2.28. The van der Waals surface area contributed by atoms with Gasteiger partial charge in [-0.3, -0.25) is 9.36 Å². The van der Waals surface area contributed by atoms with Crippen molar-refractivity contribution < 1.29 is 13.9 Å². The van der Waals surface area contributed by atoms with Crippen LogP contribution < -0.4 is 0 Å². The summed E-state index contributed by atoms with van der Waals surface area (Å²) in [6.45, 7) is 0.245. The number of carbonyl (C=O) groups excluding carboxylic acids is 2. The second-order valence-electron chi connectivity index (χ2n) is 4.45. The van der Waals surface area contributed by atoms with Crippen molar-refractivity contribution in [2.75, 3.05) is 7.05 Å². The normalized spacial score (nSPS) is 13.5. The minimum Gasteiger partial charge on any atom is -0.342 e. The first-order chi connectivity index (χ1) is 9.63. The first kappa shape index (κ1) is 12.7. The fourth-order valence-electron chi connectivity index (χ4n) is 2.31. The molecule has 1 aromatic carbocycles. The standard InChI is InChI=1S/C13H10ClN3O3/c1-16-6-10-11(13(19)20-14)15-7-17(10)9-5-3-2-4-8(9)12(16)18/h2-5,7H,6H2,1H3. The average molecular weight is 292 g/mol. The monoisotopic (exact) mass is 291 g/mol. The molecule has 0 N–H and O–H groups in total. The van der Waals surface area contributed by atoms with Gasteiger partial charge in [0.05, 0.1) is 23.5 Å². The number of rotatable bonds is 1. The molecule has 1 aliphatic rings. The Kier molecular flexibility index (Phi) is 2.94. The molecular formula is C13H10ClN3O3. The number of benzene rings is 1. The third-order valence-electron chi connectivity index (χ3n) is 3.26. The molecule has 0 atom stereocenters. The van der Waals surface area contributed by atoms with Gasteiger partial charge >= 0.3 is 5.97 Å². The molecule has 102 valence electrons.